The van der Waals surface area contributed by atoms with E-state index >= 15 is 0 Å². The molecule has 3 rings (SSSR count). The number of anilines is 1. The van der Waals surface area contributed by atoms with Gasteiger partial charge < -0.3 is 15.0 Å². The molecule has 10 heteroatoms. The second kappa shape index (κ2) is 11.4. The molecule has 0 atom stereocenters. The van der Waals surface area contributed by atoms with Gasteiger partial charge in [0.05, 0.1) is 11.6 Å². The van der Waals surface area contributed by atoms with Gasteiger partial charge in [-0.25, -0.2) is 8.42 Å². The summed E-state index contributed by atoms with van der Waals surface area (Å²) in [4.78, 5) is 26.4. The number of ether oxygens (including phenoxy) is 1. The van der Waals surface area contributed by atoms with Gasteiger partial charge in [-0.1, -0.05) is 11.6 Å². The summed E-state index contributed by atoms with van der Waals surface area (Å²) in [5.41, 5.74) is 0.470. The fourth-order valence-corrected chi connectivity index (χ4v) is 5.12. The molecule has 1 fully saturated rings. The van der Waals surface area contributed by atoms with Crippen LogP contribution in [0.25, 0.3) is 0 Å². The van der Waals surface area contributed by atoms with Crippen LogP contribution in [-0.4, -0.2) is 51.4 Å². The standard InChI is InChI=1S/C23H28ClN3O5S/c1-2-32-19-9-7-18(8-10-19)26-33(30,31)21-16-17(6-11-20(21)24)23(29)25-13-12-22(28)27-14-4-3-5-15-27/h6-11,16,26H,2-5,12-15H2,1H3,(H,25,29). The summed E-state index contributed by atoms with van der Waals surface area (Å²) in [6.45, 7) is 4.04. The Hall–Kier alpha value is -2.78. The normalized spacial score (nSPS) is 13.9. The molecule has 1 heterocycles. The molecular weight excluding hydrogens is 466 g/mol. The van der Waals surface area contributed by atoms with E-state index < -0.39 is 15.9 Å². The van der Waals surface area contributed by atoms with Gasteiger partial charge in [0.15, 0.2) is 0 Å². The largest absolute Gasteiger partial charge is 0.494 e. The van der Waals surface area contributed by atoms with Crippen molar-refractivity contribution >= 4 is 39.1 Å². The highest BCUT2D eigenvalue weighted by atomic mass is 35.5. The zero-order valence-electron chi connectivity index (χ0n) is 18.5. The molecule has 0 aromatic heterocycles. The van der Waals surface area contributed by atoms with Gasteiger partial charge in [0.25, 0.3) is 15.9 Å². The lowest BCUT2D eigenvalue weighted by atomic mass is 10.1. The molecule has 33 heavy (non-hydrogen) atoms. The van der Waals surface area contributed by atoms with E-state index in [1.165, 1.54) is 18.2 Å². The number of nitrogens with zero attached hydrogens (tertiary/aromatic N) is 1. The maximum Gasteiger partial charge on any atom is 0.263 e. The Kier molecular flexibility index (Phi) is 8.57. The van der Waals surface area contributed by atoms with Crippen molar-refractivity contribution in [2.75, 3.05) is 31.0 Å². The van der Waals surface area contributed by atoms with Crippen molar-refractivity contribution < 1.29 is 22.7 Å². The third-order valence-corrected chi connectivity index (χ3v) is 7.10. The number of piperidine rings is 1. The van der Waals surface area contributed by atoms with Gasteiger partial charge in [0.1, 0.15) is 10.6 Å². The SMILES string of the molecule is CCOc1ccc(NS(=O)(=O)c2cc(C(=O)NCCC(=O)N3CCCCC3)ccc2Cl)cc1. The predicted molar refractivity (Wildman–Crippen MR) is 127 cm³/mol. The van der Waals surface area contributed by atoms with Crippen LogP contribution in [0.5, 0.6) is 5.75 Å². The third kappa shape index (κ3) is 6.85. The minimum absolute atomic E-state index is 0.00827. The Morgan fingerprint density at radius 3 is 2.42 bits per heavy atom. The van der Waals surface area contributed by atoms with E-state index in [0.717, 1.165) is 32.4 Å². The maximum absolute atomic E-state index is 12.9. The van der Waals surface area contributed by atoms with Crippen LogP contribution in [0.1, 0.15) is 43.0 Å². The van der Waals surface area contributed by atoms with Gasteiger partial charge in [0, 0.05) is 37.3 Å². The van der Waals surface area contributed by atoms with Crippen LogP contribution < -0.4 is 14.8 Å². The van der Waals surface area contributed by atoms with E-state index in [1.54, 1.807) is 24.3 Å². The van der Waals surface area contributed by atoms with Crippen molar-refractivity contribution in [3.8, 4) is 5.75 Å². The number of carbonyl (C=O) groups excluding carboxylic acids is 2. The summed E-state index contributed by atoms with van der Waals surface area (Å²) in [6, 6.07) is 10.5. The number of likely N-dealkylation sites (tertiary alicyclic amines) is 1. The average molecular weight is 494 g/mol. The number of hydrogen-bond donors (Lipinski definition) is 2. The number of nitrogens with one attached hydrogen (secondary N) is 2. The van der Waals surface area contributed by atoms with Crippen molar-refractivity contribution in [2.45, 2.75) is 37.5 Å². The molecular formula is C23H28ClN3O5S. The number of rotatable bonds is 9. The van der Waals surface area contributed by atoms with Gasteiger partial charge in [-0.05, 0) is 68.7 Å². The van der Waals surface area contributed by atoms with Crippen molar-refractivity contribution in [2.24, 2.45) is 0 Å². The number of halogens is 1. The maximum atomic E-state index is 12.9. The molecule has 2 N–H and O–H groups in total. The van der Waals surface area contributed by atoms with Crippen molar-refractivity contribution in [1.82, 2.24) is 10.2 Å². The molecule has 2 aromatic rings. The Labute approximate surface area is 199 Å². The highest BCUT2D eigenvalue weighted by Crippen LogP contribution is 2.26. The van der Waals surface area contributed by atoms with E-state index in [-0.39, 0.29) is 34.4 Å². The molecule has 0 spiro atoms. The van der Waals surface area contributed by atoms with Gasteiger partial charge in [-0.3, -0.25) is 14.3 Å². The molecule has 0 bridgehead atoms. The van der Waals surface area contributed by atoms with E-state index in [0.29, 0.717) is 18.0 Å². The van der Waals surface area contributed by atoms with E-state index in [4.69, 9.17) is 16.3 Å². The Morgan fingerprint density at radius 1 is 1.06 bits per heavy atom. The average Bonchev–Trinajstić information content (AvgIpc) is 2.81. The molecule has 0 aliphatic carbocycles. The first-order valence-electron chi connectivity index (χ1n) is 10.9. The summed E-state index contributed by atoms with van der Waals surface area (Å²) in [5, 5.41) is 2.67. The zero-order chi connectivity index (χ0) is 23.8. The van der Waals surface area contributed by atoms with Crippen LogP contribution in [0, 0.1) is 0 Å². The molecule has 0 unspecified atom stereocenters. The number of benzene rings is 2. The summed E-state index contributed by atoms with van der Waals surface area (Å²) in [6.07, 6.45) is 3.34. The fourth-order valence-electron chi connectivity index (χ4n) is 3.53. The number of amides is 2. The first kappa shape index (κ1) is 24.9. The molecule has 2 aromatic carbocycles. The second-order valence-corrected chi connectivity index (χ2v) is 9.71. The first-order chi connectivity index (χ1) is 15.8. The third-order valence-electron chi connectivity index (χ3n) is 5.23. The molecule has 178 valence electrons. The van der Waals surface area contributed by atoms with Gasteiger partial charge in [-0.2, -0.15) is 0 Å². The van der Waals surface area contributed by atoms with Crippen molar-refractivity contribution in [3.63, 3.8) is 0 Å². The van der Waals surface area contributed by atoms with E-state index in [2.05, 4.69) is 10.0 Å². The molecule has 1 aliphatic rings. The Bertz CT molecular complexity index is 1080. The highest BCUT2D eigenvalue weighted by molar-refractivity contribution is 7.92. The van der Waals surface area contributed by atoms with Crippen molar-refractivity contribution in [3.05, 3.63) is 53.1 Å². The monoisotopic (exact) mass is 493 g/mol. The minimum Gasteiger partial charge on any atom is -0.494 e. The van der Waals surface area contributed by atoms with Gasteiger partial charge in [-0.15, -0.1) is 0 Å². The number of hydrogen-bond acceptors (Lipinski definition) is 5. The van der Waals surface area contributed by atoms with Gasteiger partial charge >= 0.3 is 0 Å². The van der Waals surface area contributed by atoms with Crippen LogP contribution in [0.4, 0.5) is 5.69 Å². The summed E-state index contributed by atoms with van der Waals surface area (Å²) in [7, 11) is -4.04. The van der Waals surface area contributed by atoms with E-state index in [9.17, 15) is 18.0 Å². The molecule has 0 radical (unpaired) electrons. The number of sulfonamides is 1. The van der Waals surface area contributed by atoms with Crippen LogP contribution in [0.15, 0.2) is 47.4 Å². The smallest absolute Gasteiger partial charge is 0.263 e. The van der Waals surface area contributed by atoms with Crippen LogP contribution in [0.3, 0.4) is 0 Å². The molecule has 1 aliphatic heterocycles. The summed E-state index contributed by atoms with van der Waals surface area (Å²) in [5.74, 6) is 0.153. The lowest BCUT2D eigenvalue weighted by Gasteiger charge is -2.26. The molecule has 2 amide bonds. The molecule has 8 nitrogen and oxygen atoms in total. The zero-order valence-corrected chi connectivity index (χ0v) is 20.0. The summed E-state index contributed by atoms with van der Waals surface area (Å²) >= 11 is 6.13. The second-order valence-electron chi connectivity index (χ2n) is 7.66. The van der Waals surface area contributed by atoms with Crippen LogP contribution in [0.2, 0.25) is 5.02 Å². The first-order valence-corrected chi connectivity index (χ1v) is 12.8. The lowest BCUT2D eigenvalue weighted by molar-refractivity contribution is -0.131. The lowest BCUT2D eigenvalue weighted by Crippen LogP contribution is -2.37. The Balaban J connectivity index is 1.63. The summed E-state index contributed by atoms with van der Waals surface area (Å²) < 4.78 is 33.6. The molecule has 0 saturated carbocycles. The quantitative estimate of drug-likeness (QED) is 0.554. The topological polar surface area (TPSA) is 105 Å². The minimum atomic E-state index is -4.04. The van der Waals surface area contributed by atoms with Gasteiger partial charge in [0.2, 0.25) is 5.91 Å². The fraction of sp³-hybridized carbons (Fsp3) is 0.391. The van der Waals surface area contributed by atoms with Crippen LogP contribution >= 0.6 is 11.6 Å². The number of carbonyl (C=O) groups is 2. The highest BCUT2D eigenvalue weighted by Gasteiger charge is 2.21. The Morgan fingerprint density at radius 2 is 1.76 bits per heavy atom. The van der Waals surface area contributed by atoms with Crippen molar-refractivity contribution in [1.29, 1.82) is 0 Å². The van der Waals surface area contributed by atoms with Crippen LogP contribution in [-0.2, 0) is 14.8 Å². The van der Waals surface area contributed by atoms with E-state index in [1.807, 2.05) is 11.8 Å². The predicted octanol–water partition coefficient (Wildman–Crippen LogP) is 3.67. The molecule has 1 saturated heterocycles.